The molecule has 0 aliphatic heterocycles. The van der Waals surface area contributed by atoms with Gasteiger partial charge in [-0.05, 0) is 55.1 Å². The minimum atomic E-state index is -0.634. The lowest BCUT2D eigenvalue weighted by atomic mass is 10.2. The Kier molecular flexibility index (Phi) is 8.60. The molecule has 4 rings (SSSR count). The highest BCUT2D eigenvalue weighted by atomic mass is 19.1. The lowest BCUT2D eigenvalue weighted by molar-refractivity contribution is 0.262. The first-order chi connectivity index (χ1) is 18.4. The molecule has 0 aliphatic carbocycles. The monoisotopic (exact) mass is 518 g/mol. The molecule has 0 fully saturated rings. The average Bonchev–Trinajstić information content (AvgIpc) is 2.93. The summed E-state index contributed by atoms with van der Waals surface area (Å²) < 4.78 is 31.5. The Balaban J connectivity index is 1.42. The zero-order chi connectivity index (χ0) is 27.1. The van der Waals surface area contributed by atoms with Crippen molar-refractivity contribution in [2.45, 2.75) is 20.4 Å². The number of nitrogens with one attached hydrogen (secondary N) is 2. The van der Waals surface area contributed by atoms with E-state index in [0.717, 1.165) is 25.2 Å². The molecule has 0 unspecified atom stereocenters. The van der Waals surface area contributed by atoms with Crippen LogP contribution >= 0.6 is 0 Å². The van der Waals surface area contributed by atoms with Crippen LogP contribution in [0.4, 0.5) is 20.6 Å². The Hall–Kier alpha value is -4.37. The van der Waals surface area contributed by atoms with Crippen molar-refractivity contribution in [3.05, 3.63) is 78.2 Å². The third kappa shape index (κ3) is 6.30. The van der Waals surface area contributed by atoms with Gasteiger partial charge in [-0.2, -0.15) is 0 Å². The molecule has 8 nitrogen and oxygen atoms in total. The van der Waals surface area contributed by atoms with Gasteiger partial charge in [0, 0.05) is 35.9 Å². The van der Waals surface area contributed by atoms with Gasteiger partial charge in [-0.25, -0.2) is 9.18 Å². The van der Waals surface area contributed by atoms with Crippen molar-refractivity contribution in [1.82, 2.24) is 9.88 Å². The normalized spacial score (nSPS) is 10.9. The molecule has 2 N–H and O–H groups in total. The molecule has 0 aliphatic rings. The molecule has 1 aromatic heterocycles. The van der Waals surface area contributed by atoms with Gasteiger partial charge in [0.1, 0.15) is 17.3 Å². The lowest BCUT2D eigenvalue weighted by Gasteiger charge is -2.18. The fourth-order valence-corrected chi connectivity index (χ4v) is 4.01. The third-order valence-corrected chi connectivity index (χ3v) is 6.14. The van der Waals surface area contributed by atoms with Crippen LogP contribution in [0.25, 0.3) is 10.9 Å². The number of halogens is 1. The Morgan fingerprint density at radius 2 is 1.61 bits per heavy atom. The van der Waals surface area contributed by atoms with Crippen LogP contribution in [0.2, 0.25) is 0 Å². The molecule has 9 heteroatoms. The SMILES string of the molecule is CCN(CC)Cc1ccc(NC(=O)Nc2ccc(Oc3ccnc4cc(OC)c(OC)cc34)cc2F)cc1. The number of aromatic nitrogens is 1. The lowest BCUT2D eigenvalue weighted by Crippen LogP contribution is -2.22. The van der Waals surface area contributed by atoms with Crippen LogP contribution in [0.1, 0.15) is 19.4 Å². The molecule has 1 heterocycles. The van der Waals surface area contributed by atoms with Gasteiger partial charge in [0.15, 0.2) is 11.5 Å². The van der Waals surface area contributed by atoms with E-state index in [2.05, 4.69) is 34.4 Å². The topological polar surface area (TPSA) is 85.0 Å². The first-order valence-corrected chi connectivity index (χ1v) is 12.3. The number of methoxy groups -OCH3 is 2. The van der Waals surface area contributed by atoms with E-state index >= 15 is 0 Å². The van der Waals surface area contributed by atoms with Crippen LogP contribution in [0, 0.1) is 5.82 Å². The molecule has 38 heavy (non-hydrogen) atoms. The number of hydrogen-bond donors (Lipinski definition) is 2. The van der Waals surface area contributed by atoms with E-state index in [9.17, 15) is 9.18 Å². The summed E-state index contributed by atoms with van der Waals surface area (Å²) in [6, 6.07) is 16.5. The van der Waals surface area contributed by atoms with Crippen LogP contribution in [0.5, 0.6) is 23.0 Å². The predicted octanol–water partition coefficient (Wildman–Crippen LogP) is 6.67. The zero-order valence-corrected chi connectivity index (χ0v) is 21.9. The minimum Gasteiger partial charge on any atom is -0.493 e. The average molecular weight is 519 g/mol. The summed E-state index contributed by atoms with van der Waals surface area (Å²) >= 11 is 0. The van der Waals surface area contributed by atoms with E-state index in [1.807, 2.05) is 24.3 Å². The first kappa shape index (κ1) is 26.7. The highest BCUT2D eigenvalue weighted by Gasteiger charge is 2.13. The number of fused-ring (bicyclic) bond motifs is 1. The molecule has 4 aromatic rings. The first-order valence-electron chi connectivity index (χ1n) is 12.3. The fraction of sp³-hybridized carbons (Fsp3) is 0.241. The Bertz CT molecular complexity index is 1410. The van der Waals surface area contributed by atoms with Gasteiger partial charge >= 0.3 is 6.03 Å². The summed E-state index contributed by atoms with van der Waals surface area (Å²) in [5.41, 5.74) is 2.43. The second kappa shape index (κ2) is 12.2. The molecule has 0 spiro atoms. The summed E-state index contributed by atoms with van der Waals surface area (Å²) in [6.45, 7) is 7.03. The second-order valence-corrected chi connectivity index (χ2v) is 8.51. The molecule has 0 saturated carbocycles. The van der Waals surface area contributed by atoms with Gasteiger partial charge in [0.2, 0.25) is 0 Å². The van der Waals surface area contributed by atoms with Gasteiger partial charge in [-0.1, -0.05) is 26.0 Å². The van der Waals surface area contributed by atoms with E-state index < -0.39 is 11.8 Å². The molecule has 2 amide bonds. The van der Waals surface area contributed by atoms with Crippen molar-refractivity contribution in [3.63, 3.8) is 0 Å². The molecule has 198 valence electrons. The largest absolute Gasteiger partial charge is 0.493 e. The Labute approximate surface area is 221 Å². The number of carbonyl (C=O) groups is 1. The maximum atomic E-state index is 14.8. The number of hydrogen-bond acceptors (Lipinski definition) is 6. The number of nitrogens with zero attached hydrogens (tertiary/aromatic N) is 2. The van der Waals surface area contributed by atoms with Crippen molar-refractivity contribution >= 4 is 28.3 Å². The number of urea groups is 1. The van der Waals surface area contributed by atoms with E-state index in [0.29, 0.717) is 33.8 Å². The summed E-state index contributed by atoms with van der Waals surface area (Å²) in [5, 5.41) is 5.95. The van der Waals surface area contributed by atoms with Gasteiger partial charge in [-0.15, -0.1) is 0 Å². The van der Waals surface area contributed by atoms with Gasteiger partial charge in [-0.3, -0.25) is 9.88 Å². The van der Waals surface area contributed by atoms with Crippen LogP contribution in [0.15, 0.2) is 66.9 Å². The van der Waals surface area contributed by atoms with Crippen LogP contribution < -0.4 is 24.8 Å². The number of pyridine rings is 1. The van der Waals surface area contributed by atoms with Gasteiger partial charge in [0.05, 0.1) is 25.4 Å². The van der Waals surface area contributed by atoms with E-state index in [1.165, 1.54) is 12.1 Å². The second-order valence-electron chi connectivity index (χ2n) is 8.51. The van der Waals surface area contributed by atoms with Gasteiger partial charge < -0.3 is 24.8 Å². The van der Waals surface area contributed by atoms with E-state index in [1.54, 1.807) is 44.7 Å². The van der Waals surface area contributed by atoms with Gasteiger partial charge in [0.25, 0.3) is 0 Å². The Morgan fingerprint density at radius 3 is 2.26 bits per heavy atom. The molecular weight excluding hydrogens is 487 g/mol. The van der Waals surface area contributed by atoms with Crippen LogP contribution in [0.3, 0.4) is 0 Å². The van der Waals surface area contributed by atoms with E-state index in [4.69, 9.17) is 14.2 Å². The fourth-order valence-electron chi connectivity index (χ4n) is 4.01. The van der Waals surface area contributed by atoms with Crippen molar-refractivity contribution in [1.29, 1.82) is 0 Å². The van der Waals surface area contributed by atoms with Crippen molar-refractivity contribution in [2.75, 3.05) is 37.9 Å². The smallest absolute Gasteiger partial charge is 0.323 e. The highest BCUT2D eigenvalue weighted by molar-refractivity contribution is 5.99. The molecule has 0 bridgehead atoms. The molecule has 0 radical (unpaired) electrons. The highest BCUT2D eigenvalue weighted by Crippen LogP contribution is 2.37. The van der Waals surface area contributed by atoms with Crippen molar-refractivity contribution in [3.8, 4) is 23.0 Å². The van der Waals surface area contributed by atoms with Crippen molar-refractivity contribution in [2.24, 2.45) is 0 Å². The summed E-state index contributed by atoms with van der Waals surface area (Å²) in [7, 11) is 3.09. The number of ether oxygens (including phenoxy) is 3. The quantitative estimate of drug-likeness (QED) is 0.244. The molecule has 0 saturated heterocycles. The Morgan fingerprint density at radius 1 is 0.895 bits per heavy atom. The standard InChI is InChI=1S/C29H31FN4O4/c1-5-34(6-2)18-19-7-9-20(10-8-19)32-29(35)33-24-12-11-21(15-23(24)30)38-26-13-14-31-25-17-28(37-4)27(36-3)16-22(25)26/h7-17H,5-6,18H2,1-4H3,(H2,32,33,35). The number of carbonyl (C=O) groups excluding carboxylic acids is 1. The number of benzene rings is 3. The van der Waals surface area contributed by atoms with Crippen molar-refractivity contribution < 1.29 is 23.4 Å². The molecular formula is C29H31FN4O4. The zero-order valence-electron chi connectivity index (χ0n) is 21.9. The molecule has 0 atom stereocenters. The summed E-state index contributed by atoms with van der Waals surface area (Å²) in [5.74, 6) is 1.16. The van der Waals surface area contributed by atoms with Crippen LogP contribution in [-0.2, 0) is 6.54 Å². The maximum Gasteiger partial charge on any atom is 0.323 e. The molecule has 3 aromatic carbocycles. The number of amides is 2. The predicted molar refractivity (Wildman–Crippen MR) is 147 cm³/mol. The number of rotatable bonds is 10. The van der Waals surface area contributed by atoms with Crippen LogP contribution in [-0.4, -0.2) is 43.2 Å². The van der Waals surface area contributed by atoms with E-state index in [-0.39, 0.29) is 11.4 Å². The number of anilines is 2. The minimum absolute atomic E-state index is 0.0268. The third-order valence-electron chi connectivity index (χ3n) is 6.14. The summed E-state index contributed by atoms with van der Waals surface area (Å²) in [6.07, 6.45) is 1.59. The summed E-state index contributed by atoms with van der Waals surface area (Å²) in [4.78, 5) is 19.1. The maximum absolute atomic E-state index is 14.8.